The largest absolute Gasteiger partial charge is 0.378 e. The van der Waals surface area contributed by atoms with Crippen LogP contribution in [0.1, 0.15) is 10.4 Å². The van der Waals surface area contributed by atoms with Crippen LogP contribution in [0.25, 0.3) is 0 Å². The summed E-state index contributed by atoms with van der Waals surface area (Å²) in [5.74, 6) is -0.0452. The van der Waals surface area contributed by atoms with E-state index in [1.54, 1.807) is 0 Å². The lowest BCUT2D eigenvalue weighted by molar-refractivity contribution is 0.0899. The molecule has 0 spiro atoms. The lowest BCUT2D eigenvalue weighted by atomic mass is 10.2. The normalized spacial score (nSPS) is 10.7. The molecule has 1 aromatic carbocycles. The van der Waals surface area contributed by atoms with Gasteiger partial charge in [0, 0.05) is 16.7 Å². The van der Waals surface area contributed by atoms with E-state index in [9.17, 15) is 4.79 Å². The third kappa shape index (κ3) is 5.79. The average Bonchev–Trinajstić information content (AvgIpc) is 2.33. The molecule has 1 aromatic rings. The first kappa shape index (κ1) is 15.4. The molecule has 0 aromatic heterocycles. The highest BCUT2D eigenvalue weighted by atomic mass is 127. The number of hydrogen-bond donors (Lipinski definition) is 1. The average molecular weight is 362 g/mol. The van der Waals surface area contributed by atoms with Crippen LogP contribution in [0.15, 0.2) is 24.3 Å². The van der Waals surface area contributed by atoms with Crippen LogP contribution in [-0.4, -0.2) is 51.2 Å². The smallest absolute Gasteiger partial charge is 0.252 e. The highest BCUT2D eigenvalue weighted by Gasteiger charge is 2.07. The summed E-state index contributed by atoms with van der Waals surface area (Å²) < 4.78 is 6.36. The molecule has 5 heteroatoms. The van der Waals surface area contributed by atoms with E-state index in [0.717, 1.165) is 10.1 Å². The highest BCUT2D eigenvalue weighted by molar-refractivity contribution is 14.1. The van der Waals surface area contributed by atoms with Gasteiger partial charge in [-0.15, -0.1) is 0 Å². The summed E-state index contributed by atoms with van der Waals surface area (Å²) in [5, 5.41) is 2.85. The Morgan fingerprint density at radius 1 is 1.33 bits per heavy atom. The minimum Gasteiger partial charge on any atom is -0.378 e. The molecule has 0 bridgehead atoms. The number of benzene rings is 1. The second-order valence-electron chi connectivity index (χ2n) is 4.15. The first-order chi connectivity index (χ1) is 8.61. The van der Waals surface area contributed by atoms with Crippen molar-refractivity contribution < 1.29 is 9.53 Å². The standard InChI is InChI=1S/C13H19IN2O2/c1-16(2)8-10-18-9-7-15-13(17)11-5-3-4-6-12(11)14/h3-6H,7-10H2,1-2H3,(H,15,17). The lowest BCUT2D eigenvalue weighted by Crippen LogP contribution is -2.28. The lowest BCUT2D eigenvalue weighted by Gasteiger charge is -2.10. The monoisotopic (exact) mass is 362 g/mol. The van der Waals surface area contributed by atoms with Crippen molar-refractivity contribution in [3.63, 3.8) is 0 Å². The van der Waals surface area contributed by atoms with Gasteiger partial charge in [0.25, 0.3) is 5.91 Å². The number of nitrogens with zero attached hydrogens (tertiary/aromatic N) is 1. The first-order valence-corrected chi connectivity index (χ1v) is 6.94. The van der Waals surface area contributed by atoms with Crippen LogP contribution in [0.2, 0.25) is 0 Å². The van der Waals surface area contributed by atoms with Gasteiger partial charge in [-0.25, -0.2) is 0 Å². The summed E-state index contributed by atoms with van der Waals surface area (Å²) in [7, 11) is 4.00. The number of halogens is 1. The summed E-state index contributed by atoms with van der Waals surface area (Å²) in [4.78, 5) is 13.9. The Morgan fingerprint density at radius 3 is 2.72 bits per heavy atom. The van der Waals surface area contributed by atoms with E-state index in [1.807, 2.05) is 38.4 Å². The molecule has 0 radical (unpaired) electrons. The Hall–Kier alpha value is -0.660. The van der Waals surface area contributed by atoms with Gasteiger partial charge in [-0.3, -0.25) is 4.79 Å². The van der Waals surface area contributed by atoms with Crippen molar-refractivity contribution >= 4 is 28.5 Å². The van der Waals surface area contributed by atoms with E-state index in [0.29, 0.717) is 25.3 Å². The minimum absolute atomic E-state index is 0.0452. The molecule has 1 amide bonds. The molecule has 0 heterocycles. The Bertz CT molecular complexity index is 383. The number of ether oxygens (including phenoxy) is 1. The predicted molar refractivity (Wildman–Crippen MR) is 80.9 cm³/mol. The van der Waals surface area contributed by atoms with Gasteiger partial charge < -0.3 is 15.0 Å². The highest BCUT2D eigenvalue weighted by Crippen LogP contribution is 2.10. The molecule has 18 heavy (non-hydrogen) atoms. The number of nitrogens with one attached hydrogen (secondary N) is 1. The van der Waals surface area contributed by atoms with E-state index in [-0.39, 0.29) is 5.91 Å². The van der Waals surface area contributed by atoms with Crippen molar-refractivity contribution in [2.45, 2.75) is 0 Å². The van der Waals surface area contributed by atoms with Crippen LogP contribution in [0.3, 0.4) is 0 Å². The molecule has 0 fully saturated rings. The van der Waals surface area contributed by atoms with Gasteiger partial charge >= 0.3 is 0 Å². The number of hydrogen-bond acceptors (Lipinski definition) is 3. The zero-order chi connectivity index (χ0) is 13.4. The van der Waals surface area contributed by atoms with Gasteiger partial charge in [0.1, 0.15) is 0 Å². The number of carbonyl (C=O) groups is 1. The van der Waals surface area contributed by atoms with Crippen molar-refractivity contribution in [1.82, 2.24) is 10.2 Å². The van der Waals surface area contributed by atoms with Gasteiger partial charge in [0.2, 0.25) is 0 Å². The van der Waals surface area contributed by atoms with Crippen LogP contribution in [0, 0.1) is 3.57 Å². The zero-order valence-electron chi connectivity index (χ0n) is 10.8. The third-order valence-corrected chi connectivity index (χ3v) is 3.27. The molecule has 0 saturated heterocycles. The van der Waals surface area contributed by atoms with Gasteiger partial charge in [0.15, 0.2) is 0 Å². The van der Waals surface area contributed by atoms with Crippen LogP contribution in [0.4, 0.5) is 0 Å². The van der Waals surface area contributed by atoms with Crippen LogP contribution >= 0.6 is 22.6 Å². The van der Waals surface area contributed by atoms with Crippen molar-refractivity contribution in [3.05, 3.63) is 33.4 Å². The fraction of sp³-hybridized carbons (Fsp3) is 0.462. The summed E-state index contributed by atoms with van der Waals surface area (Å²) in [6, 6.07) is 7.53. The summed E-state index contributed by atoms with van der Waals surface area (Å²) in [6.07, 6.45) is 0. The van der Waals surface area contributed by atoms with Gasteiger partial charge in [-0.05, 0) is 48.8 Å². The van der Waals surface area contributed by atoms with E-state index in [2.05, 4.69) is 32.8 Å². The summed E-state index contributed by atoms with van der Waals surface area (Å²) in [6.45, 7) is 2.66. The quantitative estimate of drug-likeness (QED) is 0.592. The fourth-order valence-corrected chi connectivity index (χ4v) is 1.96. The predicted octanol–water partition coefficient (Wildman–Crippen LogP) is 1.60. The Kier molecular flexibility index (Phi) is 7.22. The molecular weight excluding hydrogens is 343 g/mol. The fourth-order valence-electron chi connectivity index (χ4n) is 1.33. The zero-order valence-corrected chi connectivity index (χ0v) is 12.9. The molecule has 0 aliphatic carbocycles. The molecule has 100 valence electrons. The second-order valence-corrected chi connectivity index (χ2v) is 5.31. The van der Waals surface area contributed by atoms with Crippen molar-refractivity contribution in [2.24, 2.45) is 0 Å². The van der Waals surface area contributed by atoms with Crippen molar-refractivity contribution in [2.75, 3.05) is 40.4 Å². The molecular formula is C13H19IN2O2. The molecule has 1 rings (SSSR count). The third-order valence-electron chi connectivity index (χ3n) is 2.33. The molecule has 0 aliphatic heterocycles. The maximum Gasteiger partial charge on any atom is 0.252 e. The molecule has 4 nitrogen and oxygen atoms in total. The number of likely N-dealkylation sites (N-methyl/N-ethyl adjacent to an activating group) is 1. The van der Waals surface area contributed by atoms with Gasteiger partial charge in [0.05, 0.1) is 18.8 Å². The second kappa shape index (κ2) is 8.44. The number of rotatable bonds is 7. The van der Waals surface area contributed by atoms with Crippen LogP contribution in [0.5, 0.6) is 0 Å². The number of carbonyl (C=O) groups excluding carboxylic acids is 1. The minimum atomic E-state index is -0.0452. The van der Waals surface area contributed by atoms with Gasteiger partial charge in [-0.2, -0.15) is 0 Å². The maximum absolute atomic E-state index is 11.8. The van der Waals surface area contributed by atoms with E-state index >= 15 is 0 Å². The van der Waals surface area contributed by atoms with Crippen molar-refractivity contribution in [3.8, 4) is 0 Å². The SMILES string of the molecule is CN(C)CCOCCNC(=O)c1ccccc1I. The topological polar surface area (TPSA) is 41.6 Å². The Labute approximate surface area is 122 Å². The Morgan fingerprint density at radius 2 is 2.06 bits per heavy atom. The van der Waals surface area contributed by atoms with E-state index in [1.165, 1.54) is 0 Å². The maximum atomic E-state index is 11.8. The Balaban J connectivity index is 2.20. The molecule has 0 unspecified atom stereocenters. The summed E-state index contributed by atoms with van der Waals surface area (Å²) in [5.41, 5.74) is 0.714. The number of amides is 1. The van der Waals surface area contributed by atoms with E-state index in [4.69, 9.17) is 4.74 Å². The van der Waals surface area contributed by atoms with Crippen LogP contribution < -0.4 is 5.32 Å². The van der Waals surface area contributed by atoms with Gasteiger partial charge in [-0.1, -0.05) is 12.1 Å². The van der Waals surface area contributed by atoms with Crippen molar-refractivity contribution in [1.29, 1.82) is 0 Å². The first-order valence-electron chi connectivity index (χ1n) is 5.86. The molecule has 0 atom stereocenters. The molecule has 0 aliphatic rings. The van der Waals surface area contributed by atoms with Crippen LogP contribution in [-0.2, 0) is 4.74 Å². The molecule has 0 saturated carbocycles. The summed E-state index contributed by atoms with van der Waals surface area (Å²) >= 11 is 2.16. The van der Waals surface area contributed by atoms with E-state index < -0.39 is 0 Å². The molecule has 1 N–H and O–H groups in total.